The average molecular weight is 409 g/mol. The predicted molar refractivity (Wildman–Crippen MR) is 104 cm³/mol. The van der Waals surface area contributed by atoms with Crippen molar-refractivity contribution >= 4 is 23.4 Å². The fourth-order valence-corrected chi connectivity index (χ4v) is 5.09. The average Bonchev–Trinajstić information content (AvgIpc) is 3.31. The molecule has 30 heavy (non-hydrogen) atoms. The van der Waals surface area contributed by atoms with Crippen LogP contribution in [0.2, 0.25) is 0 Å². The number of carbonyl (C=O) groups is 3. The first-order chi connectivity index (χ1) is 14.3. The van der Waals surface area contributed by atoms with Gasteiger partial charge in [-0.25, -0.2) is 4.39 Å². The Labute approximate surface area is 171 Å². The Kier molecular flexibility index (Phi) is 4.06. The number of aliphatic hydroxyl groups is 1. The van der Waals surface area contributed by atoms with Gasteiger partial charge < -0.3 is 10.4 Å². The molecule has 2 aromatic rings. The van der Waals surface area contributed by atoms with Crippen molar-refractivity contribution in [2.75, 3.05) is 5.32 Å². The molecule has 5 rings (SSSR count). The summed E-state index contributed by atoms with van der Waals surface area (Å²) in [5, 5.41) is 16.3. The van der Waals surface area contributed by atoms with E-state index in [-0.39, 0.29) is 6.54 Å². The molecule has 0 saturated carbocycles. The monoisotopic (exact) mass is 409 g/mol. The van der Waals surface area contributed by atoms with Crippen molar-refractivity contribution in [1.29, 1.82) is 0 Å². The summed E-state index contributed by atoms with van der Waals surface area (Å²) < 4.78 is 13.2. The molecule has 3 aliphatic heterocycles. The molecular weight excluding hydrogens is 389 g/mol. The number of nitrogens with one attached hydrogen (secondary N) is 2. The Balaban J connectivity index is 1.59. The first kappa shape index (κ1) is 18.9. The number of hydrogen-bond donors (Lipinski definition) is 3. The number of para-hydroxylation sites is 1. The van der Waals surface area contributed by atoms with E-state index in [1.54, 1.807) is 24.3 Å². The Hall–Kier alpha value is -3.10. The highest BCUT2D eigenvalue weighted by atomic mass is 19.1. The number of amides is 3. The second-order valence-corrected chi connectivity index (χ2v) is 8.11. The summed E-state index contributed by atoms with van der Waals surface area (Å²) in [4.78, 5) is 41.0. The summed E-state index contributed by atoms with van der Waals surface area (Å²) in [7, 11) is 0. The zero-order valence-corrected chi connectivity index (χ0v) is 16.1. The highest BCUT2D eigenvalue weighted by Crippen LogP contribution is 2.53. The highest BCUT2D eigenvalue weighted by molar-refractivity contribution is 6.15. The summed E-state index contributed by atoms with van der Waals surface area (Å²) in [6.45, 7) is 1.52. The number of anilines is 1. The number of halogens is 1. The van der Waals surface area contributed by atoms with E-state index in [1.807, 2.05) is 0 Å². The van der Waals surface area contributed by atoms with Crippen molar-refractivity contribution < 1.29 is 23.9 Å². The maximum absolute atomic E-state index is 13.5. The van der Waals surface area contributed by atoms with Crippen molar-refractivity contribution in [1.82, 2.24) is 10.2 Å². The standard InChI is InChI=1S/C22H20FN3O4/c1-11(27)18-16-17(22(25-18)14-4-2-3-5-15(14)24-21(22)30)20(29)26(19(16)28)10-12-6-8-13(23)9-7-12/h2-9,11,16-18,25,27H,10H2,1H3,(H,24,30)/t11-,16-,17-,18+,22+/m0/s1. The van der Waals surface area contributed by atoms with Gasteiger partial charge in [-0.05, 0) is 30.7 Å². The van der Waals surface area contributed by atoms with Crippen LogP contribution in [0.5, 0.6) is 0 Å². The van der Waals surface area contributed by atoms with Gasteiger partial charge in [0, 0.05) is 17.3 Å². The molecule has 2 saturated heterocycles. The first-order valence-corrected chi connectivity index (χ1v) is 9.81. The molecule has 2 aromatic carbocycles. The molecule has 3 aliphatic rings. The third-order valence-corrected chi connectivity index (χ3v) is 6.42. The van der Waals surface area contributed by atoms with Crippen LogP contribution in [0.1, 0.15) is 18.1 Å². The number of fused-ring (bicyclic) bond motifs is 4. The second kappa shape index (κ2) is 6.45. The van der Waals surface area contributed by atoms with Crippen molar-refractivity contribution in [2.45, 2.75) is 31.2 Å². The first-order valence-electron chi connectivity index (χ1n) is 9.81. The maximum atomic E-state index is 13.5. The molecule has 3 N–H and O–H groups in total. The zero-order chi connectivity index (χ0) is 21.2. The van der Waals surface area contributed by atoms with Gasteiger partial charge in [0.05, 0.1) is 24.5 Å². The number of nitrogens with zero attached hydrogens (tertiary/aromatic N) is 1. The number of carbonyl (C=O) groups excluding carboxylic acids is 3. The molecule has 8 heteroatoms. The Morgan fingerprint density at radius 3 is 2.50 bits per heavy atom. The summed E-state index contributed by atoms with van der Waals surface area (Å²) in [6, 6.07) is 11.8. The highest BCUT2D eigenvalue weighted by Gasteiger charge is 2.70. The van der Waals surface area contributed by atoms with Gasteiger partial charge in [0.25, 0.3) is 0 Å². The minimum absolute atomic E-state index is 0.0170. The topological polar surface area (TPSA) is 98.7 Å². The van der Waals surface area contributed by atoms with Crippen molar-refractivity contribution in [3.05, 3.63) is 65.5 Å². The molecule has 7 nitrogen and oxygen atoms in total. The van der Waals surface area contributed by atoms with Gasteiger partial charge in [-0.2, -0.15) is 0 Å². The summed E-state index contributed by atoms with van der Waals surface area (Å²) in [5.74, 6) is -3.60. The number of imide groups is 1. The van der Waals surface area contributed by atoms with Gasteiger partial charge in [0.15, 0.2) is 0 Å². The van der Waals surface area contributed by atoms with Crippen molar-refractivity contribution in [2.24, 2.45) is 11.8 Å². The Morgan fingerprint density at radius 2 is 1.80 bits per heavy atom. The summed E-state index contributed by atoms with van der Waals surface area (Å²) in [6.07, 6.45) is -0.958. The minimum Gasteiger partial charge on any atom is -0.392 e. The van der Waals surface area contributed by atoms with E-state index >= 15 is 0 Å². The lowest BCUT2D eigenvalue weighted by Gasteiger charge is -2.30. The van der Waals surface area contributed by atoms with Crippen molar-refractivity contribution in [3.63, 3.8) is 0 Å². The van der Waals surface area contributed by atoms with Crippen LogP contribution in [-0.2, 0) is 26.5 Å². The minimum atomic E-state index is -1.42. The van der Waals surface area contributed by atoms with E-state index in [1.165, 1.54) is 31.2 Å². The zero-order valence-electron chi connectivity index (χ0n) is 16.1. The SMILES string of the molecule is C[C@H](O)[C@H]1N[C@@]2(C(=O)Nc3ccccc32)[C@@H]2C(=O)N(Cc3ccc(F)cc3)C(=O)[C@H]12. The second-order valence-electron chi connectivity index (χ2n) is 8.11. The van der Waals surface area contributed by atoms with Crippen LogP contribution in [0.3, 0.4) is 0 Å². The van der Waals surface area contributed by atoms with Crippen molar-refractivity contribution in [3.8, 4) is 0 Å². The maximum Gasteiger partial charge on any atom is 0.250 e. The molecule has 5 atom stereocenters. The van der Waals surface area contributed by atoms with Crippen LogP contribution in [0.25, 0.3) is 0 Å². The van der Waals surface area contributed by atoms with E-state index < -0.39 is 53.1 Å². The largest absolute Gasteiger partial charge is 0.392 e. The summed E-state index contributed by atoms with van der Waals surface area (Å²) in [5.41, 5.74) is 0.354. The molecule has 3 amide bonds. The van der Waals surface area contributed by atoms with Crippen LogP contribution in [0.4, 0.5) is 10.1 Å². The normalized spacial score (nSPS) is 30.6. The molecule has 0 aliphatic carbocycles. The number of rotatable bonds is 3. The van der Waals surface area contributed by atoms with E-state index in [0.717, 1.165) is 4.90 Å². The third-order valence-electron chi connectivity index (χ3n) is 6.42. The molecule has 0 bridgehead atoms. The van der Waals surface area contributed by atoms with E-state index in [2.05, 4.69) is 10.6 Å². The van der Waals surface area contributed by atoms with Gasteiger partial charge in [0.1, 0.15) is 11.4 Å². The lowest BCUT2D eigenvalue weighted by molar-refractivity contribution is -0.143. The van der Waals surface area contributed by atoms with Gasteiger partial charge in [-0.15, -0.1) is 0 Å². The fourth-order valence-electron chi connectivity index (χ4n) is 5.09. The number of aliphatic hydroxyl groups excluding tert-OH is 1. The van der Waals surface area contributed by atoms with Gasteiger partial charge in [0.2, 0.25) is 17.7 Å². The lowest BCUT2D eigenvalue weighted by Crippen LogP contribution is -2.54. The van der Waals surface area contributed by atoms with Crippen LogP contribution >= 0.6 is 0 Å². The van der Waals surface area contributed by atoms with Gasteiger partial charge in [-0.3, -0.25) is 24.6 Å². The smallest absolute Gasteiger partial charge is 0.250 e. The molecule has 2 fully saturated rings. The van der Waals surface area contributed by atoms with Gasteiger partial charge in [-0.1, -0.05) is 30.3 Å². The number of benzene rings is 2. The molecule has 0 radical (unpaired) electrons. The van der Waals surface area contributed by atoms with Crippen LogP contribution < -0.4 is 10.6 Å². The lowest BCUT2D eigenvalue weighted by atomic mass is 9.76. The number of likely N-dealkylation sites (tertiary alicyclic amines) is 1. The Bertz CT molecular complexity index is 1070. The van der Waals surface area contributed by atoms with E-state index in [4.69, 9.17) is 0 Å². The molecule has 1 spiro atoms. The molecule has 0 aromatic heterocycles. The number of hydrogen-bond acceptors (Lipinski definition) is 5. The fraction of sp³-hybridized carbons (Fsp3) is 0.318. The third kappa shape index (κ3) is 2.41. The molecule has 3 heterocycles. The quantitative estimate of drug-likeness (QED) is 0.660. The Morgan fingerprint density at radius 1 is 1.10 bits per heavy atom. The van der Waals surface area contributed by atoms with Gasteiger partial charge >= 0.3 is 0 Å². The van der Waals surface area contributed by atoms with Crippen LogP contribution in [-0.4, -0.2) is 39.9 Å². The van der Waals surface area contributed by atoms with E-state index in [9.17, 15) is 23.9 Å². The van der Waals surface area contributed by atoms with E-state index in [0.29, 0.717) is 16.8 Å². The van der Waals surface area contributed by atoms with Crippen LogP contribution in [0, 0.1) is 17.7 Å². The molecular formula is C22H20FN3O4. The molecule has 154 valence electrons. The summed E-state index contributed by atoms with van der Waals surface area (Å²) >= 11 is 0. The molecule has 0 unspecified atom stereocenters. The van der Waals surface area contributed by atoms with Crippen LogP contribution in [0.15, 0.2) is 48.5 Å². The predicted octanol–water partition coefficient (Wildman–Crippen LogP) is 1.13.